The van der Waals surface area contributed by atoms with Gasteiger partial charge in [0.15, 0.2) is 0 Å². The van der Waals surface area contributed by atoms with Gasteiger partial charge in [-0.25, -0.2) is 8.42 Å². The van der Waals surface area contributed by atoms with Crippen molar-refractivity contribution in [1.82, 2.24) is 5.32 Å². The molecule has 1 aliphatic rings. The van der Waals surface area contributed by atoms with Crippen molar-refractivity contribution in [3.63, 3.8) is 0 Å². The van der Waals surface area contributed by atoms with Crippen LogP contribution in [-0.2, 0) is 10.0 Å². The molecule has 3 rings (SSSR count). The van der Waals surface area contributed by atoms with Gasteiger partial charge in [-0.3, -0.25) is 9.52 Å². The molecule has 1 amide bonds. The van der Waals surface area contributed by atoms with E-state index in [1.54, 1.807) is 25.1 Å². The Bertz CT molecular complexity index is 942. The summed E-state index contributed by atoms with van der Waals surface area (Å²) in [5, 5.41) is 2.82. The first-order valence-electron chi connectivity index (χ1n) is 9.00. The number of amides is 1. The van der Waals surface area contributed by atoms with Crippen molar-refractivity contribution >= 4 is 34.0 Å². The first-order valence-corrected chi connectivity index (χ1v) is 10.5. The average Bonchev–Trinajstić information content (AvgIpc) is 3.46. The van der Waals surface area contributed by atoms with Crippen LogP contribution >= 0.6 is 12.4 Å². The molecule has 152 valence electrons. The van der Waals surface area contributed by atoms with Crippen LogP contribution in [-0.4, -0.2) is 26.9 Å². The number of hydrogen-bond acceptors (Lipinski definition) is 4. The van der Waals surface area contributed by atoms with Gasteiger partial charge in [-0.2, -0.15) is 0 Å². The van der Waals surface area contributed by atoms with Crippen LogP contribution in [0.5, 0.6) is 0 Å². The fraction of sp³-hybridized carbons (Fsp3) is 0.350. The molecule has 0 bridgehead atoms. The molecule has 8 heteroatoms. The first kappa shape index (κ1) is 22.2. The summed E-state index contributed by atoms with van der Waals surface area (Å²) < 4.78 is 27.9. The minimum atomic E-state index is -3.79. The molecular weight excluding hydrogens is 398 g/mol. The molecule has 1 saturated carbocycles. The van der Waals surface area contributed by atoms with Crippen LogP contribution in [0.3, 0.4) is 0 Å². The van der Waals surface area contributed by atoms with Gasteiger partial charge in [0.05, 0.1) is 4.90 Å². The number of aryl methyl sites for hydroxylation is 2. The largest absolute Gasteiger partial charge is 0.350 e. The van der Waals surface area contributed by atoms with Crippen LogP contribution in [0.1, 0.15) is 34.3 Å². The van der Waals surface area contributed by atoms with E-state index in [1.807, 2.05) is 19.1 Å². The highest BCUT2D eigenvalue weighted by atomic mass is 35.5. The third-order valence-electron chi connectivity index (χ3n) is 4.79. The monoisotopic (exact) mass is 423 g/mol. The molecular formula is C20H26ClN3O3S. The number of benzene rings is 2. The Labute approximate surface area is 172 Å². The molecule has 0 aromatic heterocycles. The van der Waals surface area contributed by atoms with Crippen molar-refractivity contribution in [3.05, 3.63) is 59.2 Å². The van der Waals surface area contributed by atoms with Crippen LogP contribution in [0.15, 0.2) is 47.4 Å². The van der Waals surface area contributed by atoms with Crippen LogP contribution < -0.4 is 15.8 Å². The predicted molar refractivity (Wildman–Crippen MR) is 113 cm³/mol. The third-order valence-corrected chi connectivity index (χ3v) is 6.17. The van der Waals surface area contributed by atoms with E-state index < -0.39 is 10.0 Å². The topological polar surface area (TPSA) is 101 Å². The van der Waals surface area contributed by atoms with Crippen LogP contribution in [0, 0.1) is 19.8 Å². The normalized spacial score (nSPS) is 14.7. The zero-order valence-electron chi connectivity index (χ0n) is 15.9. The zero-order chi connectivity index (χ0) is 19.6. The van der Waals surface area contributed by atoms with Gasteiger partial charge in [0.25, 0.3) is 15.9 Å². The van der Waals surface area contributed by atoms with Crippen LogP contribution in [0.2, 0.25) is 0 Å². The van der Waals surface area contributed by atoms with Gasteiger partial charge in [-0.05, 0) is 62.4 Å². The lowest BCUT2D eigenvalue weighted by atomic mass is 10.1. The van der Waals surface area contributed by atoms with Crippen LogP contribution in [0.25, 0.3) is 0 Å². The van der Waals surface area contributed by atoms with E-state index in [-0.39, 0.29) is 29.3 Å². The molecule has 1 unspecified atom stereocenters. The Kier molecular flexibility index (Phi) is 7.09. The Morgan fingerprint density at radius 1 is 1.14 bits per heavy atom. The number of nitrogens with one attached hydrogen (secondary N) is 2. The molecule has 0 saturated heterocycles. The minimum absolute atomic E-state index is 0. The lowest BCUT2D eigenvalue weighted by Crippen LogP contribution is -2.38. The second-order valence-electron chi connectivity index (χ2n) is 7.16. The SMILES string of the molecule is Cc1ccc(NS(=O)(=O)c2ccc(C)c(C(=O)NCC(N)C3CC3)c2)cc1.Cl. The molecule has 1 aliphatic carbocycles. The van der Waals surface area contributed by atoms with E-state index in [1.165, 1.54) is 12.1 Å². The summed E-state index contributed by atoms with van der Waals surface area (Å²) in [4.78, 5) is 12.6. The number of carbonyl (C=O) groups is 1. The zero-order valence-corrected chi connectivity index (χ0v) is 17.6. The Morgan fingerprint density at radius 3 is 2.39 bits per heavy atom. The van der Waals surface area contributed by atoms with E-state index in [4.69, 9.17) is 5.73 Å². The molecule has 6 nitrogen and oxygen atoms in total. The average molecular weight is 424 g/mol. The molecule has 0 radical (unpaired) electrons. The lowest BCUT2D eigenvalue weighted by molar-refractivity contribution is 0.0949. The number of nitrogens with two attached hydrogens (primary N) is 1. The summed E-state index contributed by atoms with van der Waals surface area (Å²) in [6.07, 6.45) is 2.21. The Hall–Kier alpha value is -2.09. The van der Waals surface area contributed by atoms with E-state index in [9.17, 15) is 13.2 Å². The van der Waals surface area contributed by atoms with Crippen molar-refractivity contribution < 1.29 is 13.2 Å². The minimum Gasteiger partial charge on any atom is -0.350 e. The number of anilines is 1. The molecule has 28 heavy (non-hydrogen) atoms. The molecule has 2 aromatic carbocycles. The maximum atomic E-state index is 12.7. The molecule has 0 spiro atoms. The highest BCUT2D eigenvalue weighted by Crippen LogP contribution is 2.31. The number of halogens is 1. The molecule has 0 aliphatic heterocycles. The van der Waals surface area contributed by atoms with Crippen molar-refractivity contribution in [2.45, 2.75) is 37.6 Å². The number of sulfonamides is 1. The second-order valence-corrected chi connectivity index (χ2v) is 8.84. The molecule has 4 N–H and O–H groups in total. The number of hydrogen-bond donors (Lipinski definition) is 3. The fourth-order valence-corrected chi connectivity index (χ4v) is 3.93. The molecule has 1 atom stereocenters. The quantitative estimate of drug-likeness (QED) is 0.637. The fourth-order valence-electron chi connectivity index (χ4n) is 2.85. The molecule has 1 fully saturated rings. The lowest BCUT2D eigenvalue weighted by Gasteiger charge is -2.14. The van der Waals surface area contributed by atoms with Gasteiger partial charge < -0.3 is 11.1 Å². The summed E-state index contributed by atoms with van der Waals surface area (Å²) in [6, 6.07) is 11.6. The van der Waals surface area contributed by atoms with Gasteiger partial charge in [0, 0.05) is 23.8 Å². The van der Waals surface area contributed by atoms with Crippen LogP contribution in [0.4, 0.5) is 5.69 Å². The summed E-state index contributed by atoms with van der Waals surface area (Å²) in [6.45, 7) is 4.10. The summed E-state index contributed by atoms with van der Waals surface area (Å²) in [5.41, 5.74) is 8.58. The van der Waals surface area contributed by atoms with Crippen molar-refractivity contribution in [3.8, 4) is 0 Å². The molecule has 0 heterocycles. The first-order chi connectivity index (χ1) is 12.8. The Morgan fingerprint density at radius 2 is 1.79 bits per heavy atom. The Balaban J connectivity index is 0.00000280. The van der Waals surface area contributed by atoms with E-state index >= 15 is 0 Å². The smallest absolute Gasteiger partial charge is 0.261 e. The summed E-state index contributed by atoms with van der Waals surface area (Å²) >= 11 is 0. The summed E-state index contributed by atoms with van der Waals surface area (Å²) in [7, 11) is -3.79. The number of carbonyl (C=O) groups excluding carboxylic acids is 1. The van der Waals surface area contributed by atoms with Gasteiger partial charge in [0.1, 0.15) is 0 Å². The van der Waals surface area contributed by atoms with Crippen molar-refractivity contribution in [2.24, 2.45) is 11.7 Å². The van der Waals surface area contributed by atoms with E-state index in [0.717, 1.165) is 18.4 Å². The second kappa shape index (κ2) is 8.94. The highest BCUT2D eigenvalue weighted by Gasteiger charge is 2.28. The third kappa shape index (κ3) is 5.47. The standard InChI is InChI=1S/C20H25N3O3S.ClH/c1-13-3-8-16(9-4-13)23-27(25,26)17-10-5-14(2)18(11-17)20(24)22-12-19(21)15-6-7-15;/h3-5,8-11,15,19,23H,6-7,12,21H2,1-2H3,(H,22,24);1H. The predicted octanol–water partition coefficient (Wildman–Crippen LogP) is 2.99. The van der Waals surface area contributed by atoms with E-state index in [2.05, 4.69) is 10.0 Å². The van der Waals surface area contributed by atoms with Gasteiger partial charge in [-0.15, -0.1) is 12.4 Å². The maximum absolute atomic E-state index is 12.7. The van der Waals surface area contributed by atoms with E-state index in [0.29, 0.717) is 29.3 Å². The highest BCUT2D eigenvalue weighted by molar-refractivity contribution is 7.92. The molecule has 2 aromatic rings. The number of rotatable bonds is 7. The maximum Gasteiger partial charge on any atom is 0.261 e. The van der Waals surface area contributed by atoms with Gasteiger partial charge in [0.2, 0.25) is 0 Å². The van der Waals surface area contributed by atoms with Gasteiger partial charge in [-0.1, -0.05) is 23.8 Å². The van der Waals surface area contributed by atoms with Crippen molar-refractivity contribution in [1.29, 1.82) is 0 Å². The summed E-state index contributed by atoms with van der Waals surface area (Å²) in [5.74, 6) is 0.174. The van der Waals surface area contributed by atoms with Crippen molar-refractivity contribution in [2.75, 3.05) is 11.3 Å². The van der Waals surface area contributed by atoms with Gasteiger partial charge >= 0.3 is 0 Å².